The number of nitrogens with one attached hydrogen (secondary N) is 3. The van der Waals surface area contributed by atoms with Crippen molar-refractivity contribution in [1.29, 1.82) is 0 Å². The molecule has 0 saturated carbocycles. The zero-order chi connectivity index (χ0) is 23.4. The fraction of sp³-hybridized carbons (Fsp3) is 0.409. The van der Waals surface area contributed by atoms with E-state index in [0.717, 1.165) is 11.1 Å². The van der Waals surface area contributed by atoms with E-state index in [1.54, 1.807) is 24.3 Å². The number of benzene rings is 2. The monoisotopic (exact) mass is 494 g/mol. The van der Waals surface area contributed by atoms with Gasteiger partial charge in [0.25, 0.3) is 0 Å². The minimum atomic E-state index is -3.74. The first-order valence-corrected chi connectivity index (χ1v) is 12.5. The maximum Gasteiger partial charge on any atom is 0.246 e. The summed E-state index contributed by atoms with van der Waals surface area (Å²) in [5.41, 5.74) is 7.82. The second-order valence-electron chi connectivity index (χ2n) is 7.90. The van der Waals surface area contributed by atoms with Gasteiger partial charge in [-0.05, 0) is 41.8 Å². The van der Waals surface area contributed by atoms with Gasteiger partial charge in [-0.1, -0.05) is 29.8 Å². The van der Waals surface area contributed by atoms with E-state index in [2.05, 4.69) is 16.2 Å². The van der Waals surface area contributed by atoms with Gasteiger partial charge in [0.1, 0.15) is 16.7 Å². The van der Waals surface area contributed by atoms with E-state index in [9.17, 15) is 13.2 Å². The van der Waals surface area contributed by atoms with E-state index in [0.29, 0.717) is 44.3 Å². The molecule has 9 nitrogen and oxygen atoms in total. The largest absolute Gasteiger partial charge is 0.495 e. The van der Waals surface area contributed by atoms with Gasteiger partial charge in [0.05, 0.1) is 20.3 Å². The molecule has 0 aromatic heterocycles. The molecule has 2 aromatic carbocycles. The van der Waals surface area contributed by atoms with Crippen LogP contribution in [0.15, 0.2) is 47.4 Å². The molecule has 3 N–H and O–H groups in total. The zero-order valence-corrected chi connectivity index (χ0v) is 19.8. The molecule has 2 heterocycles. The summed E-state index contributed by atoms with van der Waals surface area (Å²) in [4.78, 5) is 12.7. The van der Waals surface area contributed by atoms with Gasteiger partial charge in [-0.25, -0.2) is 19.3 Å². The molecule has 2 unspecified atom stereocenters. The molecule has 2 atom stereocenters. The predicted octanol–water partition coefficient (Wildman–Crippen LogP) is 1.59. The van der Waals surface area contributed by atoms with Gasteiger partial charge in [0, 0.05) is 30.7 Å². The molecule has 0 aliphatic carbocycles. The van der Waals surface area contributed by atoms with Gasteiger partial charge >= 0.3 is 0 Å². The fourth-order valence-corrected chi connectivity index (χ4v) is 5.62. The summed E-state index contributed by atoms with van der Waals surface area (Å²) < 4.78 is 38.5. The van der Waals surface area contributed by atoms with Gasteiger partial charge in [-0.3, -0.25) is 4.79 Å². The number of nitrogens with zero attached hydrogens (tertiary/aromatic N) is 1. The smallest absolute Gasteiger partial charge is 0.246 e. The van der Waals surface area contributed by atoms with Crippen molar-refractivity contribution in [3.63, 3.8) is 0 Å². The normalized spacial score (nSPS) is 21.6. The number of amides is 1. The molecule has 1 amide bonds. The molecule has 11 heteroatoms. The molecule has 2 saturated heterocycles. The van der Waals surface area contributed by atoms with Crippen LogP contribution in [-0.2, 0) is 26.1 Å². The number of methoxy groups -OCH3 is 1. The van der Waals surface area contributed by atoms with Crippen LogP contribution in [-0.4, -0.2) is 58.1 Å². The summed E-state index contributed by atoms with van der Waals surface area (Å²) in [5, 5.41) is 3.55. The van der Waals surface area contributed by atoms with Crippen molar-refractivity contribution in [2.45, 2.75) is 29.9 Å². The second kappa shape index (κ2) is 10.4. The molecular formula is C22H27ClN4O5S. The predicted molar refractivity (Wildman–Crippen MR) is 123 cm³/mol. The van der Waals surface area contributed by atoms with Crippen molar-refractivity contribution in [2.75, 3.05) is 33.4 Å². The third-order valence-corrected chi connectivity index (χ3v) is 7.95. The Labute approximate surface area is 198 Å². The van der Waals surface area contributed by atoms with Crippen LogP contribution in [0.25, 0.3) is 0 Å². The Hall–Kier alpha value is -2.21. The number of rotatable bonds is 7. The molecule has 0 radical (unpaired) electrons. The third-order valence-electron chi connectivity index (χ3n) is 5.78. The Balaban J connectivity index is 1.44. The van der Waals surface area contributed by atoms with Crippen molar-refractivity contribution in [2.24, 2.45) is 0 Å². The first kappa shape index (κ1) is 23.9. The molecule has 2 fully saturated rings. The van der Waals surface area contributed by atoms with Crippen LogP contribution in [0.1, 0.15) is 23.6 Å². The molecule has 2 aliphatic heterocycles. The van der Waals surface area contributed by atoms with Gasteiger partial charge in [-0.15, -0.1) is 0 Å². The van der Waals surface area contributed by atoms with Crippen LogP contribution in [0, 0.1) is 0 Å². The highest BCUT2D eigenvalue weighted by Crippen LogP contribution is 2.32. The number of hydrazine groups is 1. The molecule has 0 spiro atoms. The van der Waals surface area contributed by atoms with E-state index in [1.807, 2.05) is 18.2 Å². The number of carbonyl (C=O) groups is 1. The Morgan fingerprint density at radius 3 is 2.61 bits per heavy atom. The van der Waals surface area contributed by atoms with Crippen molar-refractivity contribution in [3.8, 4) is 5.75 Å². The molecule has 33 heavy (non-hydrogen) atoms. The van der Waals surface area contributed by atoms with Gasteiger partial charge in [0.15, 0.2) is 0 Å². The maximum atomic E-state index is 13.2. The van der Waals surface area contributed by atoms with Crippen LogP contribution >= 0.6 is 11.6 Å². The Bertz CT molecular complexity index is 1090. The lowest BCUT2D eigenvalue weighted by molar-refractivity contribution is -0.123. The summed E-state index contributed by atoms with van der Waals surface area (Å²) in [6, 6.07) is 11.7. The lowest BCUT2D eigenvalue weighted by Crippen LogP contribution is -2.42. The highest BCUT2D eigenvalue weighted by Gasteiger charge is 2.33. The van der Waals surface area contributed by atoms with E-state index < -0.39 is 16.1 Å². The number of sulfonamides is 1. The summed E-state index contributed by atoms with van der Waals surface area (Å²) in [6.07, 6.45) is 0.468. The summed E-state index contributed by atoms with van der Waals surface area (Å²) >= 11 is 5.90. The Kier molecular flexibility index (Phi) is 7.52. The van der Waals surface area contributed by atoms with Crippen LogP contribution in [0.2, 0.25) is 5.02 Å². The SMILES string of the molecule is COc1ccc(C2CC(C(=O)NCc3ccc(Cl)cc3)NN2)cc1S(=O)(=O)N1CCOCC1. The fourth-order valence-electron chi connectivity index (χ4n) is 3.90. The minimum absolute atomic E-state index is 0.113. The van der Waals surface area contributed by atoms with Crippen molar-refractivity contribution < 1.29 is 22.7 Å². The van der Waals surface area contributed by atoms with E-state index in [1.165, 1.54) is 11.4 Å². The van der Waals surface area contributed by atoms with Gasteiger partial charge < -0.3 is 14.8 Å². The van der Waals surface area contributed by atoms with E-state index in [4.69, 9.17) is 21.1 Å². The van der Waals surface area contributed by atoms with Gasteiger partial charge in [-0.2, -0.15) is 4.31 Å². The van der Waals surface area contributed by atoms with E-state index in [-0.39, 0.29) is 22.6 Å². The van der Waals surface area contributed by atoms with Crippen LogP contribution < -0.4 is 20.9 Å². The molecular weight excluding hydrogens is 468 g/mol. The standard InChI is InChI=1S/C22H27ClN4O5S/c1-31-20-7-4-16(12-21(20)33(29,30)27-8-10-32-11-9-27)18-13-19(26-25-18)22(28)24-14-15-2-5-17(23)6-3-15/h2-7,12,18-19,25-26H,8-11,13-14H2,1H3,(H,24,28). The first-order valence-electron chi connectivity index (χ1n) is 10.7. The number of carbonyl (C=O) groups excluding carboxylic acids is 1. The highest BCUT2D eigenvalue weighted by atomic mass is 35.5. The van der Waals surface area contributed by atoms with Crippen molar-refractivity contribution in [1.82, 2.24) is 20.5 Å². The van der Waals surface area contributed by atoms with Gasteiger partial charge in [0.2, 0.25) is 15.9 Å². The average Bonchev–Trinajstić information content (AvgIpc) is 3.34. The number of hydrogen-bond acceptors (Lipinski definition) is 7. The molecule has 2 aliphatic rings. The maximum absolute atomic E-state index is 13.2. The lowest BCUT2D eigenvalue weighted by atomic mass is 10.0. The third kappa shape index (κ3) is 5.48. The number of halogens is 1. The summed E-state index contributed by atoms with van der Waals surface area (Å²) in [6.45, 7) is 1.72. The molecule has 2 aromatic rings. The summed E-state index contributed by atoms with van der Waals surface area (Å²) in [7, 11) is -2.29. The first-order chi connectivity index (χ1) is 15.9. The van der Waals surface area contributed by atoms with E-state index >= 15 is 0 Å². The lowest BCUT2D eigenvalue weighted by Gasteiger charge is -2.27. The molecule has 178 valence electrons. The molecule has 0 bridgehead atoms. The van der Waals surface area contributed by atoms with Crippen LogP contribution in [0.5, 0.6) is 5.75 Å². The zero-order valence-electron chi connectivity index (χ0n) is 18.2. The van der Waals surface area contributed by atoms with Crippen LogP contribution in [0.3, 0.4) is 0 Å². The Morgan fingerprint density at radius 1 is 1.18 bits per heavy atom. The Morgan fingerprint density at radius 2 is 1.91 bits per heavy atom. The topological polar surface area (TPSA) is 109 Å². The van der Waals surface area contributed by atoms with Crippen molar-refractivity contribution >= 4 is 27.5 Å². The van der Waals surface area contributed by atoms with Crippen molar-refractivity contribution in [3.05, 3.63) is 58.6 Å². The highest BCUT2D eigenvalue weighted by molar-refractivity contribution is 7.89. The number of ether oxygens (including phenoxy) is 2. The second-order valence-corrected chi connectivity index (χ2v) is 10.2. The number of hydrogen-bond donors (Lipinski definition) is 3. The number of morpholine rings is 1. The molecule has 4 rings (SSSR count). The quantitative estimate of drug-likeness (QED) is 0.536. The average molecular weight is 495 g/mol. The minimum Gasteiger partial charge on any atom is -0.495 e. The van der Waals surface area contributed by atoms with Crippen LogP contribution in [0.4, 0.5) is 0 Å². The summed E-state index contributed by atoms with van der Waals surface area (Å²) in [5.74, 6) is 0.142.